The first-order valence-electron chi connectivity index (χ1n) is 4.89. The maximum absolute atomic E-state index is 11.1. The lowest BCUT2D eigenvalue weighted by Gasteiger charge is -2.13. The molecule has 0 atom stereocenters. The van der Waals surface area contributed by atoms with Crippen LogP contribution in [0.15, 0.2) is 12.1 Å². The summed E-state index contributed by atoms with van der Waals surface area (Å²) in [5.74, 6) is 0.779. The summed E-state index contributed by atoms with van der Waals surface area (Å²) in [5.41, 5.74) is 2.28. The van der Waals surface area contributed by atoms with E-state index in [1.807, 2.05) is 39.8 Å². The minimum absolute atomic E-state index is 0.126. The van der Waals surface area contributed by atoms with Gasteiger partial charge < -0.3 is 4.74 Å². The predicted molar refractivity (Wildman–Crippen MR) is 61.9 cm³/mol. The maximum Gasteiger partial charge on any atom is 0.252 e. The third-order valence-corrected chi connectivity index (χ3v) is 2.26. The summed E-state index contributed by atoms with van der Waals surface area (Å²) in [6.07, 6.45) is 0.126. The van der Waals surface area contributed by atoms with Gasteiger partial charge in [-0.25, -0.2) is 0 Å². The lowest BCUT2D eigenvalue weighted by atomic mass is 10.0. The van der Waals surface area contributed by atoms with Gasteiger partial charge in [0.1, 0.15) is 5.75 Å². The van der Waals surface area contributed by atoms with Gasteiger partial charge in [0.2, 0.25) is 0 Å². The molecule has 0 aliphatic rings. The topological polar surface area (TPSA) is 26.3 Å². The lowest BCUT2D eigenvalue weighted by Crippen LogP contribution is -2.07. The Labute approximate surface area is 95.2 Å². The van der Waals surface area contributed by atoms with Gasteiger partial charge in [-0.3, -0.25) is 4.79 Å². The Hall–Kier alpha value is -1.02. The third-order valence-electron chi connectivity index (χ3n) is 2.07. The molecule has 0 aliphatic carbocycles. The van der Waals surface area contributed by atoms with E-state index in [1.165, 1.54) is 0 Å². The third kappa shape index (κ3) is 2.96. The van der Waals surface area contributed by atoms with E-state index in [2.05, 4.69) is 0 Å². The molecular weight excluding hydrogens is 212 g/mol. The first-order valence-corrected chi connectivity index (χ1v) is 5.27. The number of halogens is 1. The van der Waals surface area contributed by atoms with E-state index in [1.54, 1.807) is 0 Å². The number of carbonyl (C=O) groups excluding carboxylic acids is 1. The van der Waals surface area contributed by atoms with E-state index < -0.39 is 5.24 Å². The first kappa shape index (κ1) is 12.1. The largest absolute Gasteiger partial charge is 0.491 e. The van der Waals surface area contributed by atoms with Crippen molar-refractivity contribution >= 4 is 16.8 Å². The van der Waals surface area contributed by atoms with Crippen molar-refractivity contribution in [3.63, 3.8) is 0 Å². The van der Waals surface area contributed by atoms with E-state index in [4.69, 9.17) is 16.3 Å². The number of hydrogen-bond acceptors (Lipinski definition) is 2. The fourth-order valence-corrected chi connectivity index (χ4v) is 1.87. The van der Waals surface area contributed by atoms with Gasteiger partial charge in [-0.05, 0) is 62.6 Å². The van der Waals surface area contributed by atoms with Crippen molar-refractivity contribution in [3.05, 3.63) is 28.8 Å². The fourth-order valence-electron chi connectivity index (χ4n) is 1.57. The number of benzene rings is 1. The van der Waals surface area contributed by atoms with Gasteiger partial charge in [0.15, 0.2) is 0 Å². The Bertz CT molecular complexity index is 360. The van der Waals surface area contributed by atoms with Crippen LogP contribution >= 0.6 is 11.6 Å². The van der Waals surface area contributed by atoms with Crippen LogP contribution in [0.3, 0.4) is 0 Å². The highest BCUT2D eigenvalue weighted by Gasteiger charge is 2.11. The van der Waals surface area contributed by atoms with Gasteiger partial charge in [-0.1, -0.05) is 0 Å². The molecule has 0 saturated carbocycles. The summed E-state index contributed by atoms with van der Waals surface area (Å²) >= 11 is 5.49. The molecule has 0 unspecified atom stereocenters. The van der Waals surface area contributed by atoms with Crippen molar-refractivity contribution in [3.8, 4) is 5.75 Å². The van der Waals surface area contributed by atoms with E-state index in [-0.39, 0.29) is 6.10 Å². The number of hydrogen-bond donors (Lipinski definition) is 0. The monoisotopic (exact) mass is 226 g/mol. The molecule has 82 valence electrons. The zero-order valence-electron chi connectivity index (χ0n) is 9.43. The molecule has 1 aromatic rings. The zero-order valence-corrected chi connectivity index (χ0v) is 10.2. The molecule has 0 radical (unpaired) electrons. The minimum Gasteiger partial charge on any atom is -0.491 e. The van der Waals surface area contributed by atoms with Crippen molar-refractivity contribution in [2.75, 3.05) is 0 Å². The second-order valence-corrected chi connectivity index (χ2v) is 4.22. The van der Waals surface area contributed by atoms with Crippen LogP contribution in [-0.4, -0.2) is 11.3 Å². The molecule has 15 heavy (non-hydrogen) atoms. The molecular formula is C12H15ClO2. The highest BCUT2D eigenvalue weighted by atomic mass is 35.5. The Kier molecular flexibility index (Phi) is 3.75. The van der Waals surface area contributed by atoms with Crippen molar-refractivity contribution < 1.29 is 9.53 Å². The molecule has 0 amide bonds. The van der Waals surface area contributed by atoms with Crippen molar-refractivity contribution in [2.24, 2.45) is 0 Å². The molecule has 0 spiro atoms. The fraction of sp³-hybridized carbons (Fsp3) is 0.417. The second kappa shape index (κ2) is 4.67. The van der Waals surface area contributed by atoms with Crippen LogP contribution in [0.1, 0.15) is 35.3 Å². The SMILES string of the molecule is Cc1cc(OC(C)C)cc(C)c1C(=O)Cl. The van der Waals surface area contributed by atoms with Gasteiger partial charge >= 0.3 is 0 Å². The van der Waals surface area contributed by atoms with Gasteiger partial charge in [0, 0.05) is 5.56 Å². The molecule has 0 heterocycles. The molecule has 0 aliphatic heterocycles. The summed E-state index contributed by atoms with van der Waals surface area (Å²) in [7, 11) is 0. The van der Waals surface area contributed by atoms with Gasteiger partial charge in [0.05, 0.1) is 6.10 Å². The number of ether oxygens (including phenoxy) is 1. The van der Waals surface area contributed by atoms with Gasteiger partial charge in [-0.15, -0.1) is 0 Å². The average Bonchev–Trinajstić information content (AvgIpc) is 1.99. The quantitative estimate of drug-likeness (QED) is 0.738. The van der Waals surface area contributed by atoms with Gasteiger partial charge in [-0.2, -0.15) is 0 Å². The van der Waals surface area contributed by atoms with Crippen LogP contribution in [0.25, 0.3) is 0 Å². The van der Waals surface area contributed by atoms with Crippen LogP contribution in [0, 0.1) is 13.8 Å². The Balaban J connectivity index is 3.14. The maximum atomic E-state index is 11.1. The van der Waals surface area contributed by atoms with Crippen LogP contribution in [0.5, 0.6) is 5.75 Å². The molecule has 0 fully saturated rings. The smallest absolute Gasteiger partial charge is 0.252 e. The highest BCUT2D eigenvalue weighted by Crippen LogP contribution is 2.23. The van der Waals surface area contributed by atoms with E-state index in [0.29, 0.717) is 5.56 Å². The molecule has 0 N–H and O–H groups in total. The van der Waals surface area contributed by atoms with Crippen molar-refractivity contribution in [1.29, 1.82) is 0 Å². The van der Waals surface area contributed by atoms with Crippen molar-refractivity contribution in [1.82, 2.24) is 0 Å². The van der Waals surface area contributed by atoms with Crippen LogP contribution < -0.4 is 4.74 Å². The molecule has 0 aromatic heterocycles. The molecule has 1 aromatic carbocycles. The number of rotatable bonds is 3. The van der Waals surface area contributed by atoms with Crippen LogP contribution in [0.2, 0.25) is 0 Å². The van der Waals surface area contributed by atoms with Crippen LogP contribution in [-0.2, 0) is 0 Å². The summed E-state index contributed by atoms with van der Waals surface area (Å²) in [6, 6.07) is 3.67. The first-order chi connectivity index (χ1) is 6.91. The molecule has 2 nitrogen and oxygen atoms in total. The zero-order chi connectivity index (χ0) is 11.6. The number of carbonyl (C=O) groups is 1. The van der Waals surface area contributed by atoms with E-state index in [0.717, 1.165) is 16.9 Å². The Morgan fingerprint density at radius 1 is 1.27 bits per heavy atom. The summed E-state index contributed by atoms with van der Waals surface area (Å²) in [4.78, 5) is 11.1. The minimum atomic E-state index is -0.416. The van der Waals surface area contributed by atoms with Gasteiger partial charge in [0.25, 0.3) is 5.24 Å². The Morgan fingerprint density at radius 3 is 2.07 bits per heavy atom. The number of aryl methyl sites for hydroxylation is 2. The summed E-state index contributed by atoms with van der Waals surface area (Å²) in [5, 5.41) is -0.416. The normalized spacial score (nSPS) is 10.5. The second-order valence-electron chi connectivity index (χ2n) is 3.87. The standard InChI is InChI=1S/C12H15ClO2/c1-7(2)15-10-5-8(3)11(12(13)14)9(4)6-10/h5-7H,1-4H3. The average molecular weight is 227 g/mol. The molecule has 0 saturated heterocycles. The lowest BCUT2D eigenvalue weighted by molar-refractivity contribution is 0.108. The van der Waals surface area contributed by atoms with E-state index in [9.17, 15) is 4.79 Å². The van der Waals surface area contributed by atoms with E-state index >= 15 is 0 Å². The highest BCUT2D eigenvalue weighted by molar-refractivity contribution is 6.68. The Morgan fingerprint density at radius 2 is 1.73 bits per heavy atom. The molecule has 0 bridgehead atoms. The predicted octanol–water partition coefficient (Wildman–Crippen LogP) is 3.47. The summed E-state index contributed by atoms with van der Waals surface area (Å²) in [6.45, 7) is 7.64. The van der Waals surface area contributed by atoms with Crippen molar-refractivity contribution in [2.45, 2.75) is 33.8 Å². The molecule has 1 rings (SSSR count). The van der Waals surface area contributed by atoms with Crippen LogP contribution in [0.4, 0.5) is 0 Å². The molecule has 3 heteroatoms. The summed E-state index contributed by atoms with van der Waals surface area (Å²) < 4.78 is 5.56.